The first-order valence-corrected chi connectivity index (χ1v) is 5.69. The van der Waals surface area contributed by atoms with Crippen LogP contribution in [0.2, 0.25) is 0 Å². The molecule has 0 atom stereocenters. The molecule has 0 bridgehead atoms. The Morgan fingerprint density at radius 1 is 1.40 bits per heavy atom. The van der Waals surface area contributed by atoms with Crippen LogP contribution in [0.25, 0.3) is 10.8 Å². The molecular formula is C11H9NO2S. The minimum atomic E-state index is 0.317. The number of hydrogen-bond acceptors (Lipinski definition) is 4. The highest BCUT2D eigenvalue weighted by Crippen LogP contribution is 2.31. The van der Waals surface area contributed by atoms with Gasteiger partial charge in [0, 0.05) is 17.7 Å². The molecule has 76 valence electrons. The zero-order valence-corrected chi connectivity index (χ0v) is 8.84. The molecule has 3 rings (SSSR count). The Balaban J connectivity index is 2.03. The minimum Gasteiger partial charge on any atom is -0.462 e. The van der Waals surface area contributed by atoms with Crippen LogP contribution in [0, 0.1) is 0 Å². The Kier molecular flexibility index (Phi) is 1.95. The molecule has 0 radical (unpaired) electrons. The van der Waals surface area contributed by atoms with Crippen LogP contribution < -0.4 is 0 Å². The van der Waals surface area contributed by atoms with Crippen LogP contribution in [0.4, 0.5) is 0 Å². The van der Waals surface area contributed by atoms with Gasteiger partial charge in [-0.3, -0.25) is 4.79 Å². The Morgan fingerprint density at radius 2 is 2.33 bits per heavy atom. The second kappa shape index (κ2) is 3.31. The fourth-order valence-electron chi connectivity index (χ4n) is 1.75. The molecule has 4 heteroatoms. The first-order chi connectivity index (χ1) is 7.33. The molecular weight excluding hydrogens is 210 g/mol. The van der Waals surface area contributed by atoms with E-state index in [1.807, 2.05) is 12.1 Å². The van der Waals surface area contributed by atoms with Gasteiger partial charge in [0.1, 0.15) is 5.78 Å². The molecule has 1 aliphatic carbocycles. The Labute approximate surface area is 90.8 Å². The molecule has 15 heavy (non-hydrogen) atoms. The number of Topliss-reactive ketones (excluding diaryl/α,β-unsaturated/α-hetero) is 1. The summed E-state index contributed by atoms with van der Waals surface area (Å²) in [5.74, 6) is 1.11. The molecule has 0 fully saturated rings. The molecule has 2 heterocycles. The van der Waals surface area contributed by atoms with Crippen LogP contribution in [0.1, 0.15) is 17.0 Å². The van der Waals surface area contributed by atoms with Crippen LogP contribution in [0.5, 0.6) is 0 Å². The summed E-state index contributed by atoms with van der Waals surface area (Å²) < 4.78 is 5.29. The van der Waals surface area contributed by atoms with E-state index in [0.717, 1.165) is 27.8 Å². The van der Waals surface area contributed by atoms with Crippen LogP contribution in [0.15, 0.2) is 22.8 Å². The third kappa shape index (κ3) is 1.51. The predicted octanol–water partition coefficient (Wildman–Crippen LogP) is 2.46. The second-order valence-corrected chi connectivity index (χ2v) is 4.67. The standard InChI is InChI=1S/C11H9NO2S/c13-7-3-4-8-10(6-7)15-11(12-8)9-2-1-5-14-9/h1-2,5H,3-4,6H2. The maximum absolute atomic E-state index is 11.3. The van der Waals surface area contributed by atoms with Crippen LogP contribution >= 0.6 is 11.3 Å². The molecule has 0 saturated carbocycles. The molecule has 2 aromatic heterocycles. The summed E-state index contributed by atoms with van der Waals surface area (Å²) in [7, 11) is 0. The molecule has 0 aromatic carbocycles. The van der Waals surface area contributed by atoms with Crippen molar-refractivity contribution in [2.75, 3.05) is 0 Å². The van der Waals surface area contributed by atoms with E-state index in [-0.39, 0.29) is 0 Å². The van der Waals surface area contributed by atoms with Gasteiger partial charge in [-0.05, 0) is 18.6 Å². The van der Waals surface area contributed by atoms with Gasteiger partial charge in [0.15, 0.2) is 10.8 Å². The molecule has 0 amide bonds. The number of furan rings is 1. The third-order valence-corrected chi connectivity index (χ3v) is 3.62. The molecule has 0 unspecified atom stereocenters. The lowest BCUT2D eigenvalue weighted by Gasteiger charge is -2.06. The van der Waals surface area contributed by atoms with Gasteiger partial charge in [0.2, 0.25) is 0 Å². The average Bonchev–Trinajstić information content (AvgIpc) is 2.84. The average molecular weight is 219 g/mol. The Hall–Kier alpha value is -1.42. The summed E-state index contributed by atoms with van der Waals surface area (Å²) in [6.45, 7) is 0. The van der Waals surface area contributed by atoms with E-state index in [1.165, 1.54) is 0 Å². The molecule has 0 spiro atoms. The monoisotopic (exact) mass is 219 g/mol. The van der Waals surface area contributed by atoms with Crippen molar-refractivity contribution in [2.24, 2.45) is 0 Å². The fraction of sp³-hybridized carbons (Fsp3) is 0.273. The summed E-state index contributed by atoms with van der Waals surface area (Å²) >= 11 is 1.57. The number of aromatic nitrogens is 1. The molecule has 1 aliphatic rings. The summed E-state index contributed by atoms with van der Waals surface area (Å²) in [5, 5.41) is 0.889. The SMILES string of the molecule is O=C1CCc2nc(-c3ccco3)sc2C1. The van der Waals surface area contributed by atoms with E-state index in [9.17, 15) is 4.79 Å². The zero-order chi connectivity index (χ0) is 10.3. The van der Waals surface area contributed by atoms with Gasteiger partial charge in [0.25, 0.3) is 0 Å². The van der Waals surface area contributed by atoms with E-state index in [4.69, 9.17) is 4.42 Å². The summed E-state index contributed by atoms with van der Waals surface area (Å²) in [5.41, 5.74) is 1.08. The van der Waals surface area contributed by atoms with Crippen LogP contribution in [-0.2, 0) is 17.6 Å². The molecule has 0 saturated heterocycles. The van der Waals surface area contributed by atoms with Gasteiger partial charge in [-0.1, -0.05) is 0 Å². The van der Waals surface area contributed by atoms with Gasteiger partial charge < -0.3 is 4.42 Å². The van der Waals surface area contributed by atoms with Crippen LogP contribution in [0.3, 0.4) is 0 Å². The first kappa shape index (κ1) is 8.85. The van der Waals surface area contributed by atoms with Gasteiger partial charge >= 0.3 is 0 Å². The van der Waals surface area contributed by atoms with E-state index in [0.29, 0.717) is 18.6 Å². The molecule has 2 aromatic rings. The van der Waals surface area contributed by atoms with Crippen molar-refractivity contribution in [1.29, 1.82) is 0 Å². The van der Waals surface area contributed by atoms with Gasteiger partial charge in [-0.25, -0.2) is 4.98 Å². The number of hydrogen-bond donors (Lipinski definition) is 0. The fourth-order valence-corrected chi connectivity index (χ4v) is 2.85. The Morgan fingerprint density at radius 3 is 3.13 bits per heavy atom. The highest BCUT2D eigenvalue weighted by molar-refractivity contribution is 7.15. The quantitative estimate of drug-likeness (QED) is 0.740. The third-order valence-electron chi connectivity index (χ3n) is 2.51. The van der Waals surface area contributed by atoms with E-state index in [2.05, 4.69) is 4.98 Å². The second-order valence-electron chi connectivity index (χ2n) is 3.58. The topological polar surface area (TPSA) is 43.1 Å². The number of rotatable bonds is 1. The van der Waals surface area contributed by atoms with E-state index >= 15 is 0 Å². The normalized spacial score (nSPS) is 15.3. The highest BCUT2D eigenvalue weighted by atomic mass is 32.1. The molecule has 0 N–H and O–H groups in total. The summed E-state index contributed by atoms with van der Waals surface area (Å²) in [6.07, 6.45) is 3.61. The lowest BCUT2D eigenvalue weighted by Crippen LogP contribution is -2.11. The lowest BCUT2D eigenvalue weighted by molar-refractivity contribution is -0.118. The van der Waals surface area contributed by atoms with Gasteiger partial charge in [-0.2, -0.15) is 0 Å². The smallest absolute Gasteiger partial charge is 0.162 e. The maximum Gasteiger partial charge on any atom is 0.162 e. The lowest BCUT2D eigenvalue weighted by atomic mass is 10.0. The van der Waals surface area contributed by atoms with E-state index < -0.39 is 0 Å². The van der Waals surface area contributed by atoms with Crippen molar-refractivity contribution < 1.29 is 9.21 Å². The molecule has 0 aliphatic heterocycles. The minimum absolute atomic E-state index is 0.317. The zero-order valence-electron chi connectivity index (χ0n) is 8.03. The number of carbonyl (C=O) groups is 1. The number of carbonyl (C=O) groups excluding carboxylic acids is 1. The van der Waals surface area contributed by atoms with Gasteiger partial charge in [-0.15, -0.1) is 11.3 Å². The number of thiazole rings is 1. The van der Waals surface area contributed by atoms with Crippen molar-refractivity contribution in [1.82, 2.24) is 4.98 Å². The number of nitrogens with zero attached hydrogens (tertiary/aromatic N) is 1. The van der Waals surface area contributed by atoms with Crippen molar-refractivity contribution in [2.45, 2.75) is 19.3 Å². The predicted molar refractivity (Wildman–Crippen MR) is 56.8 cm³/mol. The van der Waals surface area contributed by atoms with Crippen molar-refractivity contribution in [3.63, 3.8) is 0 Å². The maximum atomic E-state index is 11.3. The summed E-state index contributed by atoms with van der Waals surface area (Å²) in [4.78, 5) is 16.9. The number of fused-ring (bicyclic) bond motifs is 1. The van der Waals surface area contributed by atoms with Crippen LogP contribution in [-0.4, -0.2) is 10.8 Å². The Bertz CT molecular complexity index is 499. The van der Waals surface area contributed by atoms with Crippen molar-refractivity contribution in [3.05, 3.63) is 29.0 Å². The van der Waals surface area contributed by atoms with Crippen molar-refractivity contribution >= 4 is 17.1 Å². The largest absolute Gasteiger partial charge is 0.462 e. The number of aryl methyl sites for hydroxylation is 1. The number of ketones is 1. The van der Waals surface area contributed by atoms with E-state index in [1.54, 1.807) is 17.6 Å². The summed E-state index contributed by atoms with van der Waals surface area (Å²) in [6, 6.07) is 3.74. The first-order valence-electron chi connectivity index (χ1n) is 4.87. The molecule has 3 nitrogen and oxygen atoms in total. The van der Waals surface area contributed by atoms with Gasteiger partial charge in [0.05, 0.1) is 12.0 Å². The highest BCUT2D eigenvalue weighted by Gasteiger charge is 2.21. The van der Waals surface area contributed by atoms with Crippen molar-refractivity contribution in [3.8, 4) is 10.8 Å².